The van der Waals surface area contributed by atoms with Crippen molar-refractivity contribution in [3.8, 4) is 0 Å². The Hall–Kier alpha value is -2.22. The standard InChI is InChI=1S/C16H9ClN2O3S2/c17-11-4-6-12(7-5-11)18-15(20)14(24-16(18)23)9-10-2-1-3-13(8-10)19(21)22/h1-9H. The Kier molecular flexibility index (Phi) is 4.66. The van der Waals surface area contributed by atoms with Gasteiger partial charge < -0.3 is 0 Å². The minimum atomic E-state index is -0.476. The summed E-state index contributed by atoms with van der Waals surface area (Å²) in [6.45, 7) is 0. The van der Waals surface area contributed by atoms with Crippen LogP contribution in [0.25, 0.3) is 6.08 Å². The number of nitro groups is 1. The van der Waals surface area contributed by atoms with Crippen LogP contribution >= 0.6 is 35.6 Å². The molecular weight excluding hydrogens is 368 g/mol. The van der Waals surface area contributed by atoms with E-state index in [2.05, 4.69) is 0 Å². The van der Waals surface area contributed by atoms with Gasteiger partial charge in [-0.05, 0) is 35.9 Å². The molecule has 2 aromatic rings. The lowest BCUT2D eigenvalue weighted by atomic mass is 10.2. The van der Waals surface area contributed by atoms with Crippen molar-refractivity contribution in [1.29, 1.82) is 0 Å². The predicted octanol–water partition coefficient (Wildman–Crippen LogP) is 4.65. The Morgan fingerprint density at radius 1 is 1.21 bits per heavy atom. The van der Waals surface area contributed by atoms with Crippen LogP contribution in [0.1, 0.15) is 5.56 Å². The fraction of sp³-hybridized carbons (Fsp3) is 0. The van der Waals surface area contributed by atoms with Crippen LogP contribution in [-0.2, 0) is 4.79 Å². The third-order valence-corrected chi connectivity index (χ3v) is 4.81. The highest BCUT2D eigenvalue weighted by molar-refractivity contribution is 8.27. The Labute approximate surface area is 152 Å². The number of carbonyl (C=O) groups excluding carboxylic acids is 1. The van der Waals surface area contributed by atoms with E-state index in [4.69, 9.17) is 23.8 Å². The summed E-state index contributed by atoms with van der Waals surface area (Å²) in [6, 6.07) is 12.9. The van der Waals surface area contributed by atoms with Crippen molar-refractivity contribution >= 4 is 63.3 Å². The van der Waals surface area contributed by atoms with E-state index in [1.54, 1.807) is 42.5 Å². The number of hydrogen-bond acceptors (Lipinski definition) is 5. The van der Waals surface area contributed by atoms with Crippen LogP contribution in [0.3, 0.4) is 0 Å². The summed E-state index contributed by atoms with van der Waals surface area (Å²) in [4.78, 5) is 24.8. The molecule has 1 amide bonds. The molecule has 0 aromatic heterocycles. The van der Waals surface area contributed by atoms with Gasteiger partial charge in [0, 0.05) is 17.2 Å². The number of thiocarbonyl (C=S) groups is 1. The zero-order valence-corrected chi connectivity index (χ0v) is 14.4. The maximum atomic E-state index is 12.6. The lowest BCUT2D eigenvalue weighted by Crippen LogP contribution is -2.27. The number of carbonyl (C=O) groups is 1. The molecule has 0 spiro atoms. The molecule has 0 aliphatic carbocycles. The molecule has 0 atom stereocenters. The second-order valence-corrected chi connectivity index (χ2v) is 6.96. The highest BCUT2D eigenvalue weighted by Crippen LogP contribution is 2.36. The predicted molar refractivity (Wildman–Crippen MR) is 100 cm³/mol. The van der Waals surface area contributed by atoms with Gasteiger partial charge in [0.1, 0.15) is 0 Å². The molecular formula is C16H9ClN2O3S2. The lowest BCUT2D eigenvalue weighted by molar-refractivity contribution is -0.384. The molecule has 5 nitrogen and oxygen atoms in total. The van der Waals surface area contributed by atoms with Crippen LogP contribution in [0.2, 0.25) is 5.02 Å². The number of rotatable bonds is 3. The molecule has 0 unspecified atom stereocenters. The largest absolute Gasteiger partial charge is 0.270 e. The number of hydrogen-bond donors (Lipinski definition) is 0. The van der Waals surface area contributed by atoms with Crippen molar-refractivity contribution in [3.05, 3.63) is 74.1 Å². The molecule has 0 radical (unpaired) electrons. The third kappa shape index (κ3) is 3.33. The molecule has 0 bridgehead atoms. The topological polar surface area (TPSA) is 63.4 Å². The fourth-order valence-electron chi connectivity index (χ4n) is 2.16. The number of nitro benzene ring substituents is 1. The number of thioether (sulfide) groups is 1. The van der Waals surface area contributed by atoms with Gasteiger partial charge >= 0.3 is 0 Å². The molecule has 1 fully saturated rings. The van der Waals surface area contributed by atoms with Crippen molar-refractivity contribution < 1.29 is 9.72 Å². The van der Waals surface area contributed by atoms with Gasteiger partial charge in [0.15, 0.2) is 4.32 Å². The number of non-ortho nitro benzene ring substituents is 1. The molecule has 2 aromatic carbocycles. The first-order valence-corrected chi connectivity index (χ1v) is 8.34. The lowest BCUT2D eigenvalue weighted by Gasteiger charge is -2.14. The first-order valence-electron chi connectivity index (χ1n) is 6.74. The van der Waals surface area contributed by atoms with Gasteiger partial charge in [0.2, 0.25) is 0 Å². The van der Waals surface area contributed by atoms with E-state index in [-0.39, 0.29) is 11.6 Å². The van der Waals surface area contributed by atoms with Crippen LogP contribution in [0.4, 0.5) is 11.4 Å². The van der Waals surface area contributed by atoms with E-state index in [1.807, 2.05) is 0 Å². The number of halogens is 1. The van der Waals surface area contributed by atoms with Gasteiger partial charge in [0.25, 0.3) is 11.6 Å². The van der Waals surface area contributed by atoms with Crippen molar-refractivity contribution in [1.82, 2.24) is 0 Å². The quantitative estimate of drug-likeness (QED) is 0.337. The van der Waals surface area contributed by atoms with Gasteiger partial charge in [-0.1, -0.05) is 47.7 Å². The van der Waals surface area contributed by atoms with E-state index in [9.17, 15) is 14.9 Å². The Bertz CT molecular complexity index is 881. The van der Waals surface area contributed by atoms with Crippen LogP contribution in [0.5, 0.6) is 0 Å². The van der Waals surface area contributed by atoms with E-state index >= 15 is 0 Å². The maximum absolute atomic E-state index is 12.6. The van der Waals surface area contributed by atoms with Crippen molar-refractivity contribution in [2.45, 2.75) is 0 Å². The second-order valence-electron chi connectivity index (χ2n) is 4.85. The van der Waals surface area contributed by atoms with Gasteiger partial charge in [-0.15, -0.1) is 0 Å². The molecule has 8 heteroatoms. The molecule has 3 rings (SSSR count). The smallest absolute Gasteiger partial charge is 0.268 e. The van der Waals surface area contributed by atoms with Crippen molar-refractivity contribution in [2.75, 3.05) is 4.90 Å². The van der Waals surface area contributed by atoms with Crippen LogP contribution in [-0.4, -0.2) is 15.2 Å². The van der Waals surface area contributed by atoms with Crippen LogP contribution in [0.15, 0.2) is 53.4 Å². The maximum Gasteiger partial charge on any atom is 0.270 e. The highest BCUT2D eigenvalue weighted by Gasteiger charge is 2.33. The molecule has 1 aliphatic rings. The minimum Gasteiger partial charge on any atom is -0.268 e. The Morgan fingerprint density at radius 2 is 1.92 bits per heavy atom. The number of benzene rings is 2. The molecule has 0 saturated carbocycles. The summed E-state index contributed by atoms with van der Waals surface area (Å²) in [6.07, 6.45) is 1.60. The number of anilines is 1. The Balaban J connectivity index is 1.92. The molecule has 1 heterocycles. The average Bonchev–Trinajstić information content (AvgIpc) is 2.83. The van der Waals surface area contributed by atoms with Crippen molar-refractivity contribution in [3.63, 3.8) is 0 Å². The third-order valence-electron chi connectivity index (χ3n) is 3.26. The van der Waals surface area contributed by atoms with Gasteiger partial charge in [0.05, 0.1) is 15.5 Å². The summed E-state index contributed by atoms with van der Waals surface area (Å²) in [5.41, 5.74) is 1.17. The number of amides is 1. The van der Waals surface area contributed by atoms with Gasteiger partial charge in [-0.25, -0.2) is 0 Å². The summed E-state index contributed by atoms with van der Waals surface area (Å²) < 4.78 is 0.402. The van der Waals surface area contributed by atoms with E-state index in [0.717, 1.165) is 11.8 Å². The van der Waals surface area contributed by atoms with E-state index in [0.29, 0.717) is 25.5 Å². The zero-order valence-electron chi connectivity index (χ0n) is 12.0. The summed E-state index contributed by atoms with van der Waals surface area (Å²) in [5, 5.41) is 11.4. The molecule has 24 heavy (non-hydrogen) atoms. The minimum absolute atomic E-state index is 0.0306. The van der Waals surface area contributed by atoms with Crippen LogP contribution in [0, 0.1) is 10.1 Å². The second kappa shape index (κ2) is 6.72. The number of nitrogens with zero attached hydrogens (tertiary/aromatic N) is 2. The fourth-order valence-corrected chi connectivity index (χ4v) is 3.58. The zero-order chi connectivity index (χ0) is 17.3. The normalized spacial score (nSPS) is 16.0. The monoisotopic (exact) mass is 376 g/mol. The summed E-state index contributed by atoms with van der Waals surface area (Å²) in [5.74, 6) is -0.265. The molecule has 120 valence electrons. The first-order chi connectivity index (χ1) is 11.5. The van der Waals surface area contributed by atoms with Crippen LogP contribution < -0.4 is 4.90 Å². The van der Waals surface area contributed by atoms with Gasteiger partial charge in [-0.2, -0.15) is 0 Å². The Morgan fingerprint density at radius 3 is 2.58 bits per heavy atom. The first kappa shape index (κ1) is 16.6. The SMILES string of the molecule is O=C1C(=Cc2cccc([N+](=O)[O-])c2)SC(=S)N1c1ccc(Cl)cc1. The highest BCUT2D eigenvalue weighted by atomic mass is 35.5. The molecule has 0 N–H and O–H groups in total. The summed E-state index contributed by atoms with van der Waals surface area (Å²) >= 11 is 12.3. The average molecular weight is 377 g/mol. The summed E-state index contributed by atoms with van der Waals surface area (Å²) in [7, 11) is 0. The van der Waals surface area contributed by atoms with E-state index in [1.165, 1.54) is 17.0 Å². The van der Waals surface area contributed by atoms with E-state index < -0.39 is 4.92 Å². The van der Waals surface area contributed by atoms with Crippen molar-refractivity contribution in [2.24, 2.45) is 0 Å². The molecule has 1 aliphatic heterocycles. The molecule has 1 saturated heterocycles. The van der Waals surface area contributed by atoms with Gasteiger partial charge in [-0.3, -0.25) is 19.8 Å².